The third kappa shape index (κ3) is 1.64. The van der Waals surface area contributed by atoms with Gasteiger partial charge in [0.05, 0.1) is 5.52 Å². The highest BCUT2D eigenvalue weighted by Crippen LogP contribution is 2.33. The van der Waals surface area contributed by atoms with Crippen molar-refractivity contribution in [2.45, 2.75) is 26.3 Å². The van der Waals surface area contributed by atoms with Crippen LogP contribution in [0.15, 0.2) is 42.5 Å². The van der Waals surface area contributed by atoms with Crippen LogP contribution in [0.1, 0.15) is 17.7 Å². The van der Waals surface area contributed by atoms with Gasteiger partial charge in [-0.15, -0.1) is 0 Å². The van der Waals surface area contributed by atoms with E-state index < -0.39 is 0 Å². The van der Waals surface area contributed by atoms with Crippen molar-refractivity contribution in [3.63, 3.8) is 0 Å². The Kier molecular flexibility index (Phi) is 2.40. The molecule has 1 aliphatic heterocycles. The number of nitrogen functional groups attached to an aromatic ring is 1. The average molecular weight is 262 g/mol. The highest BCUT2D eigenvalue weighted by molar-refractivity contribution is 5.90. The zero-order chi connectivity index (χ0) is 13.7. The third-order valence-corrected chi connectivity index (χ3v) is 4.33. The summed E-state index contributed by atoms with van der Waals surface area (Å²) in [5.74, 6) is 0. The Balaban J connectivity index is 1.99. The number of rotatable bonds is 1. The maximum atomic E-state index is 5.91. The molecule has 2 N–H and O–H groups in total. The van der Waals surface area contributed by atoms with Crippen molar-refractivity contribution >= 4 is 16.6 Å². The van der Waals surface area contributed by atoms with E-state index in [-0.39, 0.29) is 0 Å². The van der Waals surface area contributed by atoms with Crippen LogP contribution in [0.4, 0.5) is 5.69 Å². The first-order valence-corrected chi connectivity index (χ1v) is 7.21. The van der Waals surface area contributed by atoms with E-state index in [1.165, 1.54) is 46.1 Å². The molecule has 2 nitrogen and oxygen atoms in total. The summed E-state index contributed by atoms with van der Waals surface area (Å²) in [7, 11) is 0. The molecule has 0 saturated carbocycles. The summed E-state index contributed by atoms with van der Waals surface area (Å²) in [5, 5.41) is 1.36. The molecule has 100 valence electrons. The van der Waals surface area contributed by atoms with Gasteiger partial charge in [0.1, 0.15) is 0 Å². The summed E-state index contributed by atoms with van der Waals surface area (Å²) in [5.41, 5.74) is 13.5. The summed E-state index contributed by atoms with van der Waals surface area (Å²) in [4.78, 5) is 0. The standard InChI is InChI=1S/C18H18N2/c1-12-8-16-10-15(13-4-2-6-17(19)11-13)9-14-5-3-7-20(12)18(14)16/h2,4,6,8-11H,3,5,7,19H2,1H3. The second kappa shape index (κ2) is 4.14. The van der Waals surface area contributed by atoms with E-state index in [9.17, 15) is 0 Å². The molecule has 4 rings (SSSR count). The van der Waals surface area contributed by atoms with Gasteiger partial charge < -0.3 is 10.3 Å². The van der Waals surface area contributed by atoms with Crippen LogP contribution in [0.25, 0.3) is 22.0 Å². The lowest BCUT2D eigenvalue weighted by atomic mass is 9.96. The average Bonchev–Trinajstić information content (AvgIpc) is 2.77. The van der Waals surface area contributed by atoms with Crippen molar-refractivity contribution < 1.29 is 0 Å². The molecule has 3 aromatic rings. The zero-order valence-corrected chi connectivity index (χ0v) is 11.7. The second-order valence-corrected chi connectivity index (χ2v) is 5.74. The van der Waals surface area contributed by atoms with Gasteiger partial charge in [-0.3, -0.25) is 0 Å². The van der Waals surface area contributed by atoms with Crippen molar-refractivity contribution in [1.29, 1.82) is 0 Å². The number of aromatic nitrogens is 1. The molecule has 0 aliphatic carbocycles. The molecule has 0 bridgehead atoms. The number of nitrogens with zero attached hydrogens (tertiary/aromatic N) is 1. The molecule has 0 unspecified atom stereocenters. The number of benzene rings is 2. The molecule has 2 heterocycles. The fourth-order valence-electron chi connectivity index (χ4n) is 3.43. The van der Waals surface area contributed by atoms with E-state index in [0.29, 0.717) is 0 Å². The lowest BCUT2D eigenvalue weighted by Gasteiger charge is -2.18. The number of hydrogen-bond acceptors (Lipinski definition) is 1. The summed E-state index contributed by atoms with van der Waals surface area (Å²) < 4.78 is 2.46. The minimum absolute atomic E-state index is 0.824. The monoisotopic (exact) mass is 262 g/mol. The zero-order valence-electron chi connectivity index (χ0n) is 11.7. The Morgan fingerprint density at radius 3 is 2.80 bits per heavy atom. The van der Waals surface area contributed by atoms with Gasteiger partial charge in [0, 0.05) is 23.3 Å². The molecule has 1 aromatic heterocycles. The Hall–Kier alpha value is -2.22. The van der Waals surface area contributed by atoms with Crippen LogP contribution in [0.5, 0.6) is 0 Å². The molecule has 2 heteroatoms. The predicted octanol–water partition coefficient (Wildman–Crippen LogP) is 4.15. The fraction of sp³-hybridized carbons (Fsp3) is 0.222. The Morgan fingerprint density at radius 1 is 1.05 bits per heavy atom. The first kappa shape index (κ1) is 11.6. The molecule has 0 radical (unpaired) electrons. The summed E-state index contributed by atoms with van der Waals surface area (Å²) in [6.45, 7) is 3.36. The minimum atomic E-state index is 0.824. The van der Waals surface area contributed by atoms with E-state index in [1.807, 2.05) is 12.1 Å². The molecule has 0 fully saturated rings. The van der Waals surface area contributed by atoms with Crippen molar-refractivity contribution in [2.75, 3.05) is 5.73 Å². The van der Waals surface area contributed by atoms with Crippen LogP contribution in [-0.2, 0) is 13.0 Å². The SMILES string of the molecule is Cc1cc2cc(-c3cccc(N)c3)cc3c2n1CCC3. The molecule has 0 atom stereocenters. The first-order valence-electron chi connectivity index (χ1n) is 7.21. The van der Waals surface area contributed by atoms with Gasteiger partial charge in [0.2, 0.25) is 0 Å². The van der Waals surface area contributed by atoms with Crippen LogP contribution in [0, 0.1) is 6.92 Å². The third-order valence-electron chi connectivity index (χ3n) is 4.33. The quantitative estimate of drug-likeness (QED) is 0.656. The predicted molar refractivity (Wildman–Crippen MR) is 84.8 cm³/mol. The molecular formula is C18H18N2. The molecule has 0 spiro atoms. The van der Waals surface area contributed by atoms with Crippen LogP contribution < -0.4 is 5.73 Å². The highest BCUT2D eigenvalue weighted by Gasteiger charge is 2.16. The van der Waals surface area contributed by atoms with Gasteiger partial charge in [0.25, 0.3) is 0 Å². The molecule has 0 amide bonds. The van der Waals surface area contributed by atoms with Gasteiger partial charge in [-0.25, -0.2) is 0 Å². The van der Waals surface area contributed by atoms with Gasteiger partial charge >= 0.3 is 0 Å². The number of aryl methyl sites for hydroxylation is 3. The van der Waals surface area contributed by atoms with Crippen molar-refractivity contribution in [1.82, 2.24) is 4.57 Å². The highest BCUT2D eigenvalue weighted by atomic mass is 15.0. The van der Waals surface area contributed by atoms with Crippen molar-refractivity contribution in [3.05, 3.63) is 53.7 Å². The van der Waals surface area contributed by atoms with Crippen molar-refractivity contribution in [2.24, 2.45) is 0 Å². The minimum Gasteiger partial charge on any atom is -0.399 e. The van der Waals surface area contributed by atoms with Crippen LogP contribution in [0.2, 0.25) is 0 Å². The Labute approximate surface area is 118 Å². The lowest BCUT2D eigenvalue weighted by Crippen LogP contribution is -2.08. The van der Waals surface area contributed by atoms with Crippen LogP contribution in [0.3, 0.4) is 0 Å². The fourth-order valence-corrected chi connectivity index (χ4v) is 3.43. The molecule has 0 saturated heterocycles. The lowest BCUT2D eigenvalue weighted by molar-refractivity contribution is 0.623. The second-order valence-electron chi connectivity index (χ2n) is 5.74. The van der Waals surface area contributed by atoms with E-state index in [1.54, 1.807) is 0 Å². The van der Waals surface area contributed by atoms with Crippen LogP contribution >= 0.6 is 0 Å². The van der Waals surface area contributed by atoms with E-state index in [0.717, 1.165) is 12.2 Å². The van der Waals surface area contributed by atoms with Gasteiger partial charge in [-0.05, 0) is 66.8 Å². The number of nitrogens with two attached hydrogens (primary N) is 1. The van der Waals surface area contributed by atoms with Gasteiger partial charge in [-0.2, -0.15) is 0 Å². The molecule has 2 aromatic carbocycles. The van der Waals surface area contributed by atoms with Gasteiger partial charge in [-0.1, -0.05) is 12.1 Å². The number of hydrogen-bond donors (Lipinski definition) is 1. The largest absolute Gasteiger partial charge is 0.399 e. The molecular weight excluding hydrogens is 244 g/mol. The van der Waals surface area contributed by atoms with Gasteiger partial charge in [0.15, 0.2) is 0 Å². The summed E-state index contributed by atoms with van der Waals surface area (Å²) in [6.07, 6.45) is 2.41. The van der Waals surface area contributed by atoms with E-state index in [2.05, 4.69) is 41.8 Å². The molecule has 20 heavy (non-hydrogen) atoms. The van der Waals surface area contributed by atoms with Crippen molar-refractivity contribution in [3.8, 4) is 11.1 Å². The van der Waals surface area contributed by atoms with E-state index >= 15 is 0 Å². The topological polar surface area (TPSA) is 30.9 Å². The molecule has 1 aliphatic rings. The van der Waals surface area contributed by atoms with E-state index in [4.69, 9.17) is 5.73 Å². The summed E-state index contributed by atoms with van der Waals surface area (Å²) in [6, 6.07) is 15.1. The smallest absolute Gasteiger partial charge is 0.0515 e. The van der Waals surface area contributed by atoms with Crippen LogP contribution in [-0.4, -0.2) is 4.57 Å². The maximum absolute atomic E-state index is 5.91. The Morgan fingerprint density at radius 2 is 1.95 bits per heavy atom. The normalized spacial score (nSPS) is 13.8. The Bertz CT molecular complexity index is 812. The number of anilines is 1. The summed E-state index contributed by atoms with van der Waals surface area (Å²) >= 11 is 0. The maximum Gasteiger partial charge on any atom is 0.0515 e. The first-order chi connectivity index (χ1) is 9.72.